The Kier molecular flexibility index (Phi) is 5.39. The molecule has 98 valence electrons. The van der Waals surface area contributed by atoms with Crippen LogP contribution in [0.1, 0.15) is 0 Å². The lowest BCUT2D eigenvalue weighted by Crippen LogP contribution is -2.45. The summed E-state index contributed by atoms with van der Waals surface area (Å²) in [5, 5.41) is 22.2. The van der Waals surface area contributed by atoms with Gasteiger partial charge in [0.25, 0.3) is 0 Å². The molecule has 0 aromatic heterocycles. The maximum atomic E-state index is 11.5. The molecule has 1 atom stereocenters. The van der Waals surface area contributed by atoms with Gasteiger partial charge in [-0.25, -0.2) is 9.59 Å². The summed E-state index contributed by atoms with van der Waals surface area (Å²) in [6, 6.07) is 2.70. The average Bonchev–Trinajstić information content (AvgIpc) is 2.30. The molecule has 0 aliphatic carbocycles. The molecule has 4 N–H and O–H groups in total. The number of carbonyl (C=O) groups is 2. The highest BCUT2D eigenvalue weighted by Gasteiger charge is 2.18. The van der Waals surface area contributed by atoms with E-state index in [9.17, 15) is 9.59 Å². The fraction of sp³-hybridized carbons (Fsp3) is 0.200. The Bertz CT molecular complexity index is 469. The lowest BCUT2D eigenvalue weighted by molar-refractivity contribution is -0.140. The Balaban J connectivity index is 2.70. The van der Waals surface area contributed by atoms with Gasteiger partial charge in [-0.15, -0.1) is 0 Å². The van der Waals surface area contributed by atoms with Gasteiger partial charge in [0, 0.05) is 4.47 Å². The molecule has 8 heteroatoms. The maximum absolute atomic E-state index is 11.5. The normalized spacial score (nSPS) is 11.7. The minimum atomic E-state index is -1.36. The first kappa shape index (κ1) is 14.7. The topological polar surface area (TPSA) is 98.7 Å². The zero-order chi connectivity index (χ0) is 13.7. The minimum Gasteiger partial charge on any atom is -0.480 e. The fourth-order valence-electron chi connectivity index (χ4n) is 1.10. The van der Waals surface area contributed by atoms with Gasteiger partial charge in [-0.1, -0.05) is 27.5 Å². The van der Waals surface area contributed by atoms with Crippen molar-refractivity contribution >= 4 is 45.2 Å². The maximum Gasteiger partial charge on any atom is 0.328 e. The largest absolute Gasteiger partial charge is 0.480 e. The predicted octanol–water partition coefficient (Wildman–Crippen LogP) is 1.67. The van der Waals surface area contributed by atoms with Crippen LogP contribution in [-0.2, 0) is 4.79 Å². The van der Waals surface area contributed by atoms with Crippen LogP contribution in [0.2, 0.25) is 5.02 Å². The zero-order valence-electron chi connectivity index (χ0n) is 8.98. The molecular weight excluding hydrogens is 327 g/mol. The molecule has 0 aliphatic rings. The molecule has 1 unspecified atom stereocenters. The van der Waals surface area contributed by atoms with Crippen LogP contribution in [0.5, 0.6) is 0 Å². The minimum absolute atomic E-state index is 0.309. The number of aliphatic hydroxyl groups is 1. The molecule has 1 aromatic carbocycles. The Morgan fingerprint density at radius 1 is 1.44 bits per heavy atom. The molecule has 1 rings (SSSR count). The number of aliphatic hydroxyl groups excluding tert-OH is 1. The Morgan fingerprint density at radius 2 is 2.11 bits per heavy atom. The highest BCUT2D eigenvalue weighted by molar-refractivity contribution is 9.10. The number of carboxylic acid groups (broad SMARTS) is 1. The molecule has 0 saturated heterocycles. The van der Waals surface area contributed by atoms with Gasteiger partial charge in [0.15, 0.2) is 6.04 Å². The number of urea groups is 1. The van der Waals surface area contributed by atoms with Gasteiger partial charge in [-0.2, -0.15) is 0 Å². The number of carboxylic acids is 1. The van der Waals surface area contributed by atoms with Crippen molar-refractivity contribution in [2.45, 2.75) is 6.04 Å². The molecule has 18 heavy (non-hydrogen) atoms. The molecule has 0 bridgehead atoms. The number of hydrogen-bond donors (Lipinski definition) is 4. The molecular formula is C10H10BrClN2O4. The summed E-state index contributed by atoms with van der Waals surface area (Å²) in [4.78, 5) is 22.1. The predicted molar refractivity (Wildman–Crippen MR) is 69.8 cm³/mol. The summed E-state index contributed by atoms with van der Waals surface area (Å²) >= 11 is 9.05. The van der Waals surface area contributed by atoms with Gasteiger partial charge in [0.2, 0.25) is 0 Å². The van der Waals surface area contributed by atoms with Crippen molar-refractivity contribution in [3.63, 3.8) is 0 Å². The van der Waals surface area contributed by atoms with Gasteiger partial charge in [0.05, 0.1) is 17.3 Å². The molecule has 0 heterocycles. The monoisotopic (exact) mass is 336 g/mol. The van der Waals surface area contributed by atoms with E-state index in [1.807, 2.05) is 0 Å². The van der Waals surface area contributed by atoms with E-state index in [-0.39, 0.29) is 0 Å². The zero-order valence-corrected chi connectivity index (χ0v) is 11.3. The van der Waals surface area contributed by atoms with Crippen molar-refractivity contribution < 1.29 is 19.8 Å². The number of halogens is 2. The number of hydrogen-bond acceptors (Lipinski definition) is 3. The van der Waals surface area contributed by atoms with Gasteiger partial charge < -0.3 is 20.8 Å². The Labute approximate surface area is 116 Å². The van der Waals surface area contributed by atoms with Crippen LogP contribution < -0.4 is 10.6 Å². The van der Waals surface area contributed by atoms with Crippen molar-refractivity contribution in [2.24, 2.45) is 0 Å². The second-order valence-corrected chi connectivity index (χ2v) is 4.62. The summed E-state index contributed by atoms with van der Waals surface area (Å²) in [6.07, 6.45) is 0. The fourth-order valence-corrected chi connectivity index (χ4v) is 1.62. The molecule has 0 aliphatic heterocycles. The van der Waals surface area contributed by atoms with Gasteiger partial charge in [-0.05, 0) is 18.2 Å². The van der Waals surface area contributed by atoms with E-state index in [1.54, 1.807) is 18.2 Å². The van der Waals surface area contributed by atoms with Gasteiger partial charge in [0.1, 0.15) is 0 Å². The summed E-state index contributed by atoms with van der Waals surface area (Å²) in [5.41, 5.74) is 0.325. The molecule has 6 nitrogen and oxygen atoms in total. The van der Waals surface area contributed by atoms with Crippen LogP contribution in [-0.4, -0.2) is 34.9 Å². The molecule has 2 amide bonds. The lowest BCUT2D eigenvalue weighted by atomic mass is 10.3. The first-order valence-corrected chi connectivity index (χ1v) is 5.97. The van der Waals surface area contributed by atoms with Crippen LogP contribution in [0.15, 0.2) is 22.7 Å². The van der Waals surface area contributed by atoms with Crippen molar-refractivity contribution in [1.29, 1.82) is 0 Å². The van der Waals surface area contributed by atoms with E-state index in [1.165, 1.54) is 0 Å². The smallest absolute Gasteiger partial charge is 0.328 e. The Morgan fingerprint density at radius 3 is 2.67 bits per heavy atom. The SMILES string of the molecule is O=C(Nc1cc(Br)ccc1Cl)NC(CO)C(=O)O. The summed E-state index contributed by atoms with van der Waals surface area (Å²) in [6.45, 7) is -0.699. The van der Waals surface area contributed by atoms with Crippen LogP contribution >= 0.6 is 27.5 Å². The van der Waals surface area contributed by atoms with Crippen molar-refractivity contribution in [1.82, 2.24) is 5.32 Å². The first-order chi connectivity index (χ1) is 8.43. The number of rotatable bonds is 4. The highest BCUT2D eigenvalue weighted by atomic mass is 79.9. The third-order valence-electron chi connectivity index (χ3n) is 1.96. The number of carbonyl (C=O) groups excluding carboxylic acids is 1. The lowest BCUT2D eigenvalue weighted by Gasteiger charge is -2.13. The highest BCUT2D eigenvalue weighted by Crippen LogP contribution is 2.25. The van der Waals surface area contributed by atoms with Crippen molar-refractivity contribution in [2.75, 3.05) is 11.9 Å². The van der Waals surface area contributed by atoms with Crippen molar-refractivity contribution in [3.05, 3.63) is 27.7 Å². The molecule has 0 radical (unpaired) electrons. The van der Waals surface area contributed by atoms with E-state index in [0.717, 1.165) is 0 Å². The number of benzene rings is 1. The van der Waals surface area contributed by atoms with E-state index in [2.05, 4.69) is 26.6 Å². The number of anilines is 1. The third kappa shape index (κ3) is 4.17. The van der Waals surface area contributed by atoms with Crippen LogP contribution in [0.3, 0.4) is 0 Å². The molecule has 0 fully saturated rings. The Hall–Kier alpha value is -1.31. The van der Waals surface area contributed by atoms with Crippen LogP contribution in [0, 0.1) is 0 Å². The summed E-state index contributed by atoms with van der Waals surface area (Å²) in [5.74, 6) is -1.33. The third-order valence-corrected chi connectivity index (χ3v) is 2.79. The van der Waals surface area contributed by atoms with E-state index in [4.69, 9.17) is 21.8 Å². The summed E-state index contributed by atoms with van der Waals surface area (Å²) in [7, 11) is 0. The van der Waals surface area contributed by atoms with Crippen LogP contribution in [0.4, 0.5) is 10.5 Å². The van der Waals surface area contributed by atoms with Gasteiger partial charge >= 0.3 is 12.0 Å². The molecule has 0 spiro atoms. The average molecular weight is 338 g/mol. The molecule has 0 saturated carbocycles. The number of aliphatic carboxylic acids is 1. The summed E-state index contributed by atoms with van der Waals surface area (Å²) < 4.78 is 0.708. The number of nitrogens with one attached hydrogen (secondary N) is 2. The second-order valence-electron chi connectivity index (χ2n) is 3.30. The molecule has 1 aromatic rings. The van der Waals surface area contributed by atoms with E-state index < -0.39 is 24.6 Å². The number of amides is 2. The van der Waals surface area contributed by atoms with Crippen molar-refractivity contribution in [3.8, 4) is 0 Å². The first-order valence-electron chi connectivity index (χ1n) is 4.80. The second kappa shape index (κ2) is 6.58. The van der Waals surface area contributed by atoms with E-state index in [0.29, 0.717) is 15.2 Å². The van der Waals surface area contributed by atoms with E-state index >= 15 is 0 Å². The van der Waals surface area contributed by atoms with Gasteiger partial charge in [-0.3, -0.25) is 0 Å². The quantitative estimate of drug-likeness (QED) is 0.671. The standard InChI is InChI=1S/C10H10BrClN2O4/c11-5-1-2-6(12)7(3-5)13-10(18)14-8(4-15)9(16)17/h1-3,8,15H,4H2,(H,16,17)(H2,13,14,18). The van der Waals surface area contributed by atoms with Crippen LogP contribution in [0.25, 0.3) is 0 Å².